The highest BCUT2D eigenvalue weighted by molar-refractivity contribution is 7.10. The van der Waals surface area contributed by atoms with Crippen molar-refractivity contribution in [3.8, 4) is 0 Å². The summed E-state index contributed by atoms with van der Waals surface area (Å²) in [6.07, 6.45) is 6.46. The third-order valence-electron chi connectivity index (χ3n) is 7.56. The highest BCUT2D eigenvalue weighted by Crippen LogP contribution is 2.44. The fraction of sp³-hybridized carbons (Fsp3) is 0.565. The van der Waals surface area contributed by atoms with Gasteiger partial charge in [-0.3, -0.25) is 5.32 Å². The molecular weight excluding hydrogens is 428 g/mol. The van der Waals surface area contributed by atoms with E-state index in [2.05, 4.69) is 15.5 Å². The summed E-state index contributed by atoms with van der Waals surface area (Å²) in [6, 6.07) is 6.97. The van der Waals surface area contributed by atoms with Crippen molar-refractivity contribution in [2.75, 3.05) is 25.0 Å². The molecule has 5 heterocycles. The summed E-state index contributed by atoms with van der Waals surface area (Å²) < 4.78 is 6.26. The number of urea groups is 1. The highest BCUT2D eigenvalue weighted by atomic mass is 32.1. The molecule has 2 N–H and O–H groups in total. The summed E-state index contributed by atoms with van der Waals surface area (Å²) in [4.78, 5) is 27.3. The Balaban J connectivity index is 1.34. The Bertz CT molecular complexity index is 956. The minimum atomic E-state index is -1.61. The first-order valence-electron chi connectivity index (χ1n) is 11.4. The van der Waals surface area contributed by atoms with Crippen LogP contribution in [0.5, 0.6) is 0 Å². The number of carbonyl (C=O) groups excluding carboxylic acids is 2. The van der Waals surface area contributed by atoms with E-state index in [1.165, 1.54) is 11.3 Å². The second kappa shape index (κ2) is 8.53. The van der Waals surface area contributed by atoms with Crippen LogP contribution < -0.4 is 5.32 Å². The maximum Gasteiger partial charge on any atom is 0.422 e. The molecule has 1 unspecified atom stereocenters. The van der Waals surface area contributed by atoms with Gasteiger partial charge >= 0.3 is 12.0 Å². The fourth-order valence-corrected chi connectivity index (χ4v) is 6.57. The number of piperidine rings is 3. The van der Waals surface area contributed by atoms with Crippen LogP contribution in [0.2, 0.25) is 0 Å². The van der Waals surface area contributed by atoms with E-state index in [1.807, 2.05) is 17.5 Å². The average Bonchev–Trinajstić information content (AvgIpc) is 3.55. The predicted molar refractivity (Wildman–Crippen MR) is 119 cm³/mol. The number of aliphatic hydroxyl groups is 1. The molecule has 2 atom stereocenters. The van der Waals surface area contributed by atoms with Crippen LogP contribution in [0.3, 0.4) is 0 Å². The number of amides is 2. The number of quaternary nitrogens is 1. The van der Waals surface area contributed by atoms with Crippen molar-refractivity contribution in [3.63, 3.8) is 0 Å². The van der Waals surface area contributed by atoms with E-state index in [0.717, 1.165) is 38.5 Å². The van der Waals surface area contributed by atoms with Gasteiger partial charge in [0, 0.05) is 35.8 Å². The number of hydrogen-bond donors (Lipinski definition) is 2. The van der Waals surface area contributed by atoms with Crippen molar-refractivity contribution in [1.29, 1.82) is 0 Å². The molecular formula is C23H29N4O4S+. The van der Waals surface area contributed by atoms with Crippen molar-refractivity contribution in [2.45, 2.75) is 50.2 Å². The number of rotatable bonds is 5. The van der Waals surface area contributed by atoms with Gasteiger partial charge in [-0.15, -0.1) is 16.4 Å². The van der Waals surface area contributed by atoms with Gasteiger partial charge in [0.05, 0.1) is 13.1 Å². The van der Waals surface area contributed by atoms with Crippen LogP contribution in [-0.2, 0) is 15.1 Å². The lowest BCUT2D eigenvalue weighted by Crippen LogP contribution is -2.68. The molecule has 4 aliphatic rings. The molecule has 0 radical (unpaired) electrons. The minimum absolute atomic E-state index is 0.127. The van der Waals surface area contributed by atoms with Crippen LogP contribution >= 0.6 is 11.3 Å². The Kier molecular flexibility index (Phi) is 5.73. The van der Waals surface area contributed by atoms with Crippen LogP contribution in [0.15, 0.2) is 35.8 Å². The molecule has 4 fully saturated rings. The van der Waals surface area contributed by atoms with Gasteiger partial charge in [0.15, 0.2) is 17.5 Å². The van der Waals surface area contributed by atoms with E-state index < -0.39 is 11.6 Å². The number of fused-ring (bicyclic) bond motifs is 3. The first kappa shape index (κ1) is 21.5. The summed E-state index contributed by atoms with van der Waals surface area (Å²) in [5, 5.41) is 24.2. The molecule has 6 rings (SSSR count). The van der Waals surface area contributed by atoms with Crippen molar-refractivity contribution < 1.29 is 23.9 Å². The van der Waals surface area contributed by atoms with Gasteiger partial charge < -0.3 is 9.84 Å². The highest BCUT2D eigenvalue weighted by Gasteiger charge is 2.55. The standard InChI is InChI=1S/C23H28N4O4S/c28-21(23(30,17-5-1-2-6-17)19-7-4-14-32-19)31-18-15-27(12-9-16(18)10-13-27)22(29)25-20-8-3-11-24-26-20/h3-4,7-8,11,14,16-18,30H,1-2,5-6,9-10,12-13,15H2/p+1/t16?,18-,23?,27?/m0/s1. The van der Waals surface area contributed by atoms with E-state index >= 15 is 0 Å². The van der Waals surface area contributed by atoms with Gasteiger partial charge in [-0.05, 0) is 36.4 Å². The Morgan fingerprint density at radius 3 is 2.59 bits per heavy atom. The Hall–Kier alpha value is -2.36. The zero-order chi connectivity index (χ0) is 22.2. The van der Waals surface area contributed by atoms with Gasteiger partial charge in [0.1, 0.15) is 6.54 Å². The number of anilines is 1. The third-order valence-corrected chi connectivity index (χ3v) is 8.56. The predicted octanol–water partition coefficient (Wildman–Crippen LogP) is 3.30. The summed E-state index contributed by atoms with van der Waals surface area (Å²) in [5.41, 5.74) is -1.61. The van der Waals surface area contributed by atoms with Crippen molar-refractivity contribution in [3.05, 3.63) is 40.7 Å². The number of nitrogens with one attached hydrogen (secondary N) is 1. The molecule has 1 saturated carbocycles. The largest absolute Gasteiger partial charge is 0.454 e. The molecule has 3 saturated heterocycles. The molecule has 2 aromatic heterocycles. The molecule has 2 bridgehead atoms. The maximum absolute atomic E-state index is 13.5. The maximum atomic E-state index is 13.5. The summed E-state index contributed by atoms with van der Waals surface area (Å²) in [6.45, 7) is 1.85. The number of ether oxygens (including phenoxy) is 1. The Morgan fingerprint density at radius 2 is 1.94 bits per heavy atom. The van der Waals surface area contributed by atoms with Crippen LogP contribution in [0.4, 0.5) is 10.6 Å². The number of aromatic nitrogens is 2. The normalized spacial score (nSPS) is 29.4. The monoisotopic (exact) mass is 457 g/mol. The molecule has 9 heteroatoms. The number of carbonyl (C=O) groups is 2. The number of esters is 1. The summed E-state index contributed by atoms with van der Waals surface area (Å²) in [7, 11) is 0. The van der Waals surface area contributed by atoms with Gasteiger partial charge in [0.2, 0.25) is 0 Å². The lowest BCUT2D eigenvalue weighted by atomic mass is 9.82. The van der Waals surface area contributed by atoms with Gasteiger partial charge in [-0.2, -0.15) is 5.10 Å². The smallest absolute Gasteiger partial charge is 0.422 e. The van der Waals surface area contributed by atoms with Crippen LogP contribution in [0.25, 0.3) is 0 Å². The van der Waals surface area contributed by atoms with E-state index in [1.54, 1.807) is 18.3 Å². The molecule has 0 aromatic carbocycles. The molecule has 170 valence electrons. The first-order valence-corrected chi connectivity index (χ1v) is 12.3. The van der Waals surface area contributed by atoms with Crippen LogP contribution in [-0.4, -0.2) is 57.5 Å². The second-order valence-electron chi connectivity index (χ2n) is 9.32. The number of nitrogens with zero attached hydrogens (tertiary/aromatic N) is 3. The molecule has 3 aliphatic heterocycles. The van der Waals surface area contributed by atoms with Crippen LogP contribution in [0, 0.1) is 11.8 Å². The van der Waals surface area contributed by atoms with E-state index in [-0.39, 0.29) is 28.5 Å². The van der Waals surface area contributed by atoms with E-state index in [9.17, 15) is 14.7 Å². The molecule has 0 spiro atoms. The Morgan fingerprint density at radius 1 is 1.16 bits per heavy atom. The number of thiophene rings is 1. The lowest BCUT2D eigenvalue weighted by molar-refractivity contribution is -0.869. The second-order valence-corrected chi connectivity index (χ2v) is 10.3. The van der Waals surface area contributed by atoms with Crippen molar-refractivity contribution in [2.24, 2.45) is 11.8 Å². The number of hydrogen-bond acceptors (Lipinski definition) is 7. The quantitative estimate of drug-likeness (QED) is 0.528. The van der Waals surface area contributed by atoms with Crippen molar-refractivity contribution in [1.82, 2.24) is 10.2 Å². The minimum Gasteiger partial charge on any atom is -0.454 e. The van der Waals surface area contributed by atoms with Gasteiger partial charge in [-0.25, -0.2) is 14.1 Å². The zero-order valence-electron chi connectivity index (χ0n) is 18.0. The third kappa shape index (κ3) is 3.72. The average molecular weight is 458 g/mol. The topological polar surface area (TPSA) is 101 Å². The van der Waals surface area contributed by atoms with Crippen LogP contribution in [0.1, 0.15) is 43.4 Å². The van der Waals surface area contributed by atoms with E-state index in [4.69, 9.17) is 4.74 Å². The molecule has 2 amide bonds. The zero-order valence-corrected chi connectivity index (χ0v) is 18.8. The fourth-order valence-electron chi connectivity index (χ4n) is 5.68. The molecule has 1 aliphatic carbocycles. The summed E-state index contributed by atoms with van der Waals surface area (Å²) >= 11 is 1.40. The van der Waals surface area contributed by atoms with Gasteiger partial charge in [0.25, 0.3) is 0 Å². The first-order chi connectivity index (χ1) is 15.5. The Labute approximate surface area is 191 Å². The molecule has 2 aromatic rings. The molecule has 32 heavy (non-hydrogen) atoms. The summed E-state index contributed by atoms with van der Waals surface area (Å²) in [5.74, 6) is -0.0464. The van der Waals surface area contributed by atoms with E-state index in [0.29, 0.717) is 30.3 Å². The lowest BCUT2D eigenvalue weighted by Gasteiger charge is -2.49. The van der Waals surface area contributed by atoms with Crippen molar-refractivity contribution >= 4 is 29.2 Å². The molecule has 8 nitrogen and oxygen atoms in total. The van der Waals surface area contributed by atoms with Gasteiger partial charge in [-0.1, -0.05) is 18.9 Å². The SMILES string of the molecule is O=C(O[C@H]1C[N+]2(C(=O)Nc3cccnn3)CCC1CC2)C(O)(c1cccs1)C1CCCC1.